The van der Waals surface area contributed by atoms with Gasteiger partial charge in [-0.25, -0.2) is 0 Å². The van der Waals surface area contributed by atoms with Gasteiger partial charge in [0, 0.05) is 17.3 Å². The molecule has 2 rings (SSSR count). The third-order valence-electron chi connectivity index (χ3n) is 3.36. The molecule has 0 radical (unpaired) electrons. The number of nitrogens with two attached hydrogens (primary N) is 1. The number of carbonyl (C=O) groups excluding carboxylic acids is 3. The lowest BCUT2D eigenvalue weighted by Crippen LogP contribution is -2.36. The van der Waals surface area contributed by atoms with E-state index in [0.717, 1.165) is 18.4 Å². The highest BCUT2D eigenvalue weighted by molar-refractivity contribution is 5.97. The molecule has 7 nitrogen and oxygen atoms in total. The predicted molar refractivity (Wildman–Crippen MR) is 90.5 cm³/mol. The van der Waals surface area contributed by atoms with Gasteiger partial charge in [-0.05, 0) is 37.5 Å². The monoisotopic (exact) mass is 340 g/mol. The van der Waals surface area contributed by atoms with Crippen molar-refractivity contribution in [3.05, 3.63) is 23.8 Å². The number of benzene rings is 1. The molecule has 0 atom stereocenters. The van der Waals surface area contributed by atoms with Crippen molar-refractivity contribution >= 4 is 41.5 Å². The topological polar surface area (TPSA) is 113 Å². The summed E-state index contributed by atoms with van der Waals surface area (Å²) in [7, 11) is 0. The van der Waals surface area contributed by atoms with Gasteiger partial charge >= 0.3 is 0 Å². The number of hydrogen-bond donors (Lipinski definition) is 4. The third-order valence-corrected chi connectivity index (χ3v) is 3.36. The normalized spacial score (nSPS) is 12.8. The molecule has 23 heavy (non-hydrogen) atoms. The van der Waals surface area contributed by atoms with Crippen molar-refractivity contribution in [1.29, 1.82) is 0 Å². The Morgan fingerprint density at radius 1 is 1.17 bits per heavy atom. The minimum atomic E-state index is -0.391. The Bertz CT molecular complexity index is 602. The van der Waals surface area contributed by atoms with Gasteiger partial charge in [0.15, 0.2) is 0 Å². The zero-order valence-corrected chi connectivity index (χ0v) is 13.7. The SMILES string of the molecule is Cc1ccc(NC(=O)C2CC2)cc1NC(=O)CNC(=O)CN.Cl. The van der Waals surface area contributed by atoms with Crippen molar-refractivity contribution in [1.82, 2.24) is 5.32 Å². The van der Waals surface area contributed by atoms with Crippen molar-refractivity contribution in [3.8, 4) is 0 Å². The molecular formula is C15H21ClN4O3. The van der Waals surface area contributed by atoms with Crippen LogP contribution in [0.2, 0.25) is 0 Å². The van der Waals surface area contributed by atoms with E-state index in [1.807, 2.05) is 13.0 Å². The summed E-state index contributed by atoms with van der Waals surface area (Å²) in [5, 5.41) is 7.93. The molecular weight excluding hydrogens is 320 g/mol. The van der Waals surface area contributed by atoms with Crippen LogP contribution in [-0.4, -0.2) is 30.8 Å². The van der Waals surface area contributed by atoms with Crippen LogP contribution in [0.1, 0.15) is 18.4 Å². The first kappa shape index (κ1) is 18.9. The van der Waals surface area contributed by atoms with Gasteiger partial charge in [0.2, 0.25) is 17.7 Å². The zero-order chi connectivity index (χ0) is 16.1. The average Bonchev–Trinajstić information content (AvgIpc) is 3.33. The Labute approximate surface area is 140 Å². The van der Waals surface area contributed by atoms with Gasteiger partial charge in [-0.1, -0.05) is 6.07 Å². The molecule has 0 spiro atoms. The van der Waals surface area contributed by atoms with Crippen LogP contribution in [0.3, 0.4) is 0 Å². The van der Waals surface area contributed by atoms with E-state index < -0.39 is 5.91 Å². The summed E-state index contributed by atoms with van der Waals surface area (Å²) in [4.78, 5) is 34.5. The van der Waals surface area contributed by atoms with Gasteiger partial charge in [0.25, 0.3) is 0 Å². The molecule has 3 amide bonds. The first-order chi connectivity index (χ1) is 10.5. The maximum Gasteiger partial charge on any atom is 0.243 e. The number of hydrogen-bond acceptors (Lipinski definition) is 4. The lowest BCUT2D eigenvalue weighted by molar-refractivity contribution is -0.123. The van der Waals surface area contributed by atoms with Gasteiger partial charge in [-0.15, -0.1) is 12.4 Å². The number of nitrogens with one attached hydrogen (secondary N) is 3. The van der Waals surface area contributed by atoms with E-state index in [-0.39, 0.29) is 43.2 Å². The van der Waals surface area contributed by atoms with Gasteiger partial charge in [0.05, 0.1) is 13.1 Å². The first-order valence-electron chi connectivity index (χ1n) is 7.17. The number of rotatable bonds is 6. The lowest BCUT2D eigenvalue weighted by atomic mass is 10.1. The summed E-state index contributed by atoms with van der Waals surface area (Å²) in [5.41, 5.74) is 7.25. The van der Waals surface area contributed by atoms with Gasteiger partial charge in [-0.3, -0.25) is 14.4 Å². The molecule has 0 unspecified atom stereocenters. The second-order valence-corrected chi connectivity index (χ2v) is 5.32. The molecule has 0 aromatic heterocycles. The first-order valence-corrected chi connectivity index (χ1v) is 7.17. The van der Waals surface area contributed by atoms with E-state index in [9.17, 15) is 14.4 Å². The molecule has 0 saturated heterocycles. The lowest BCUT2D eigenvalue weighted by Gasteiger charge is -2.12. The molecule has 1 fully saturated rings. The van der Waals surface area contributed by atoms with Crippen molar-refractivity contribution in [2.75, 3.05) is 23.7 Å². The summed E-state index contributed by atoms with van der Waals surface area (Å²) < 4.78 is 0. The maximum atomic E-state index is 11.8. The van der Waals surface area contributed by atoms with E-state index in [1.54, 1.807) is 12.1 Å². The quantitative estimate of drug-likeness (QED) is 0.612. The number of carbonyl (C=O) groups is 3. The highest BCUT2D eigenvalue weighted by Crippen LogP contribution is 2.30. The molecule has 1 aromatic carbocycles. The Kier molecular flexibility index (Phi) is 6.99. The van der Waals surface area contributed by atoms with Gasteiger partial charge < -0.3 is 21.7 Å². The molecule has 0 aliphatic heterocycles. The molecule has 126 valence electrons. The largest absolute Gasteiger partial charge is 0.346 e. The molecule has 5 N–H and O–H groups in total. The molecule has 8 heteroatoms. The second-order valence-electron chi connectivity index (χ2n) is 5.32. The third kappa shape index (κ3) is 5.88. The molecule has 0 bridgehead atoms. The summed E-state index contributed by atoms with van der Waals surface area (Å²) in [6.07, 6.45) is 1.87. The summed E-state index contributed by atoms with van der Waals surface area (Å²) >= 11 is 0. The van der Waals surface area contributed by atoms with Crippen LogP contribution in [-0.2, 0) is 14.4 Å². The Morgan fingerprint density at radius 3 is 2.48 bits per heavy atom. The van der Waals surface area contributed by atoms with E-state index in [1.165, 1.54) is 0 Å². The van der Waals surface area contributed by atoms with Crippen LogP contribution in [0.5, 0.6) is 0 Å². The predicted octanol–water partition coefficient (Wildman–Crippen LogP) is 0.779. The number of amides is 3. The zero-order valence-electron chi connectivity index (χ0n) is 12.8. The van der Waals surface area contributed by atoms with E-state index >= 15 is 0 Å². The Morgan fingerprint density at radius 2 is 1.87 bits per heavy atom. The van der Waals surface area contributed by atoms with Crippen molar-refractivity contribution < 1.29 is 14.4 Å². The molecule has 1 aliphatic rings. The number of aryl methyl sites for hydroxylation is 1. The summed E-state index contributed by atoms with van der Waals surface area (Å²) in [6.45, 7) is 1.55. The van der Waals surface area contributed by atoms with Crippen LogP contribution in [0, 0.1) is 12.8 Å². The number of halogens is 1. The molecule has 1 saturated carbocycles. The van der Waals surface area contributed by atoms with Crippen LogP contribution in [0.4, 0.5) is 11.4 Å². The van der Waals surface area contributed by atoms with Crippen LogP contribution >= 0.6 is 12.4 Å². The second kappa shape index (κ2) is 8.50. The fraction of sp³-hybridized carbons (Fsp3) is 0.400. The van der Waals surface area contributed by atoms with Gasteiger partial charge in [0.1, 0.15) is 0 Å². The van der Waals surface area contributed by atoms with Crippen molar-refractivity contribution in [3.63, 3.8) is 0 Å². The summed E-state index contributed by atoms with van der Waals surface area (Å²) in [5.74, 6) is -0.616. The average molecular weight is 341 g/mol. The maximum absolute atomic E-state index is 11.8. The Hall–Kier alpha value is -2.12. The summed E-state index contributed by atoms with van der Waals surface area (Å²) in [6, 6.07) is 5.32. The molecule has 0 heterocycles. The molecule has 1 aromatic rings. The van der Waals surface area contributed by atoms with E-state index in [2.05, 4.69) is 16.0 Å². The highest BCUT2D eigenvalue weighted by atomic mass is 35.5. The smallest absolute Gasteiger partial charge is 0.243 e. The Balaban J connectivity index is 0.00000264. The van der Waals surface area contributed by atoms with Gasteiger partial charge in [-0.2, -0.15) is 0 Å². The fourth-order valence-electron chi connectivity index (χ4n) is 1.87. The van der Waals surface area contributed by atoms with E-state index in [0.29, 0.717) is 11.4 Å². The fourth-order valence-corrected chi connectivity index (χ4v) is 1.87. The number of anilines is 2. The van der Waals surface area contributed by atoms with Crippen LogP contribution < -0.4 is 21.7 Å². The van der Waals surface area contributed by atoms with E-state index in [4.69, 9.17) is 5.73 Å². The van der Waals surface area contributed by atoms with Crippen molar-refractivity contribution in [2.45, 2.75) is 19.8 Å². The minimum Gasteiger partial charge on any atom is -0.346 e. The highest BCUT2D eigenvalue weighted by Gasteiger charge is 2.29. The van der Waals surface area contributed by atoms with Crippen LogP contribution in [0.25, 0.3) is 0 Å². The van der Waals surface area contributed by atoms with Crippen LogP contribution in [0.15, 0.2) is 18.2 Å². The molecule has 1 aliphatic carbocycles. The minimum absolute atomic E-state index is 0. The standard InChI is InChI=1S/C15H20N4O3.ClH/c1-9-2-5-11(18-15(22)10-3-4-10)6-12(9)19-14(21)8-17-13(20)7-16;/h2,5-6,10H,3-4,7-8,16H2,1H3,(H,17,20)(H,18,22)(H,19,21);1H. The van der Waals surface area contributed by atoms with Crippen molar-refractivity contribution in [2.24, 2.45) is 11.7 Å².